The quantitative estimate of drug-likeness (QED) is 0.792. The molecule has 0 amide bonds. The van der Waals surface area contributed by atoms with Crippen molar-refractivity contribution in [2.24, 2.45) is 0 Å². The van der Waals surface area contributed by atoms with Gasteiger partial charge in [0.1, 0.15) is 11.9 Å². The first-order chi connectivity index (χ1) is 10.3. The van der Waals surface area contributed by atoms with Crippen molar-refractivity contribution in [2.75, 3.05) is 0 Å². The van der Waals surface area contributed by atoms with Crippen molar-refractivity contribution in [1.82, 2.24) is 30.4 Å². The van der Waals surface area contributed by atoms with Crippen molar-refractivity contribution < 1.29 is 4.39 Å². The third-order valence-electron chi connectivity index (χ3n) is 3.74. The van der Waals surface area contributed by atoms with Gasteiger partial charge < -0.3 is 0 Å². The molecular formula is C14H13FN6. The molecule has 1 aliphatic carbocycles. The van der Waals surface area contributed by atoms with Crippen LogP contribution in [0.25, 0.3) is 11.5 Å². The van der Waals surface area contributed by atoms with Crippen LogP contribution in [0.2, 0.25) is 0 Å². The first kappa shape index (κ1) is 12.2. The van der Waals surface area contributed by atoms with Gasteiger partial charge in [0.25, 0.3) is 0 Å². The minimum atomic E-state index is -0.856. The summed E-state index contributed by atoms with van der Waals surface area (Å²) in [7, 11) is 0. The number of benzene rings is 1. The number of rotatable bonds is 3. The zero-order chi connectivity index (χ0) is 14.2. The van der Waals surface area contributed by atoms with E-state index < -0.39 is 6.17 Å². The summed E-state index contributed by atoms with van der Waals surface area (Å²) in [6, 6.07) is 10.0. The molecule has 1 aromatic carbocycles. The second-order valence-electron chi connectivity index (χ2n) is 5.16. The Morgan fingerprint density at radius 3 is 2.86 bits per heavy atom. The number of H-pyrrole nitrogens is 1. The third kappa shape index (κ3) is 2.10. The molecular weight excluding hydrogens is 271 g/mol. The molecule has 0 aliphatic heterocycles. The zero-order valence-corrected chi connectivity index (χ0v) is 11.2. The van der Waals surface area contributed by atoms with Crippen LogP contribution in [0.5, 0.6) is 0 Å². The second-order valence-corrected chi connectivity index (χ2v) is 5.16. The molecule has 2 aromatic heterocycles. The first-order valence-electron chi connectivity index (χ1n) is 6.81. The summed E-state index contributed by atoms with van der Waals surface area (Å²) in [6.45, 7) is 0.619. The molecule has 21 heavy (non-hydrogen) atoms. The molecule has 3 aromatic rings. The van der Waals surface area contributed by atoms with Crippen LogP contribution in [0.3, 0.4) is 0 Å². The lowest BCUT2D eigenvalue weighted by molar-refractivity contribution is 0.343. The fraction of sp³-hybridized carbons (Fsp3) is 0.286. The Labute approximate surface area is 120 Å². The highest BCUT2D eigenvalue weighted by Crippen LogP contribution is 2.32. The van der Waals surface area contributed by atoms with Crippen LogP contribution in [0, 0.1) is 0 Å². The molecule has 0 fully saturated rings. The smallest absolute Gasteiger partial charge is 0.225 e. The lowest BCUT2D eigenvalue weighted by Gasteiger charge is -2.06. The van der Waals surface area contributed by atoms with Crippen molar-refractivity contribution in [3.63, 3.8) is 0 Å². The summed E-state index contributed by atoms with van der Waals surface area (Å²) >= 11 is 0. The maximum atomic E-state index is 13.8. The van der Waals surface area contributed by atoms with Crippen molar-refractivity contribution >= 4 is 0 Å². The molecule has 0 spiro atoms. The maximum absolute atomic E-state index is 13.8. The Bertz CT molecular complexity index is 749. The molecule has 106 valence electrons. The van der Waals surface area contributed by atoms with E-state index in [1.54, 1.807) is 0 Å². The fourth-order valence-electron chi connectivity index (χ4n) is 2.81. The summed E-state index contributed by atoms with van der Waals surface area (Å²) in [5.74, 6) is 0.423. The maximum Gasteiger partial charge on any atom is 0.225 e. The highest BCUT2D eigenvalue weighted by atomic mass is 19.1. The van der Waals surface area contributed by atoms with Crippen molar-refractivity contribution in [1.29, 1.82) is 0 Å². The standard InChI is InChI=1S/C14H13FN6/c15-10-6-11-12(7-10)21(8-9-4-2-1-3-5-9)18-13(11)14-16-19-20-17-14/h1-5,10H,6-8H2,(H,16,17,19,20). The number of hydrogen-bond donors (Lipinski definition) is 1. The van der Waals surface area contributed by atoms with E-state index >= 15 is 0 Å². The SMILES string of the molecule is FC1Cc2c(-c3nn[nH]n3)nn(Cc3ccccc3)c2C1. The van der Waals surface area contributed by atoms with Crippen LogP contribution in [0.1, 0.15) is 16.8 Å². The fourth-order valence-corrected chi connectivity index (χ4v) is 2.81. The van der Waals surface area contributed by atoms with Gasteiger partial charge in [0.2, 0.25) is 5.82 Å². The lowest BCUT2D eigenvalue weighted by Crippen LogP contribution is -2.08. The van der Waals surface area contributed by atoms with Gasteiger partial charge >= 0.3 is 0 Å². The minimum absolute atomic E-state index is 0.369. The number of nitrogens with one attached hydrogen (secondary N) is 1. The molecule has 0 radical (unpaired) electrons. The molecule has 1 N–H and O–H groups in total. The van der Waals surface area contributed by atoms with Crippen LogP contribution >= 0.6 is 0 Å². The predicted octanol–water partition coefficient (Wildman–Crippen LogP) is 1.55. The number of fused-ring (bicyclic) bond motifs is 1. The molecule has 0 saturated heterocycles. The zero-order valence-electron chi connectivity index (χ0n) is 11.2. The van der Waals surface area contributed by atoms with Crippen molar-refractivity contribution in [3.8, 4) is 11.5 Å². The van der Waals surface area contributed by atoms with Crippen LogP contribution in [0.15, 0.2) is 30.3 Å². The molecule has 6 nitrogen and oxygen atoms in total. The summed E-state index contributed by atoms with van der Waals surface area (Å²) < 4.78 is 15.6. The Morgan fingerprint density at radius 2 is 2.10 bits per heavy atom. The van der Waals surface area contributed by atoms with E-state index in [0.717, 1.165) is 16.8 Å². The van der Waals surface area contributed by atoms with Gasteiger partial charge in [-0.3, -0.25) is 4.68 Å². The van der Waals surface area contributed by atoms with Gasteiger partial charge in [-0.15, -0.1) is 10.2 Å². The highest BCUT2D eigenvalue weighted by Gasteiger charge is 2.31. The average Bonchev–Trinajstić information content (AvgIpc) is 3.18. The van der Waals surface area contributed by atoms with Gasteiger partial charge in [-0.2, -0.15) is 10.3 Å². The number of hydrogen-bond acceptors (Lipinski definition) is 4. The van der Waals surface area contributed by atoms with Crippen LogP contribution in [0.4, 0.5) is 4.39 Å². The molecule has 1 aliphatic rings. The van der Waals surface area contributed by atoms with Gasteiger partial charge in [-0.1, -0.05) is 30.3 Å². The average molecular weight is 284 g/mol. The molecule has 0 saturated carbocycles. The van der Waals surface area contributed by atoms with Crippen molar-refractivity contribution in [3.05, 3.63) is 47.2 Å². The number of aromatic nitrogens is 6. The Kier molecular flexibility index (Phi) is 2.77. The number of nitrogens with zero attached hydrogens (tertiary/aromatic N) is 5. The van der Waals surface area contributed by atoms with Crippen LogP contribution < -0.4 is 0 Å². The largest absolute Gasteiger partial charge is 0.264 e. The molecule has 7 heteroatoms. The second kappa shape index (κ2) is 4.76. The topological polar surface area (TPSA) is 72.3 Å². The number of halogens is 1. The van der Waals surface area contributed by atoms with Gasteiger partial charge in [-0.05, 0) is 10.8 Å². The number of aromatic amines is 1. The van der Waals surface area contributed by atoms with Gasteiger partial charge in [0.15, 0.2) is 0 Å². The van der Waals surface area contributed by atoms with E-state index in [-0.39, 0.29) is 0 Å². The van der Waals surface area contributed by atoms with E-state index in [0.29, 0.717) is 30.9 Å². The Morgan fingerprint density at radius 1 is 1.24 bits per heavy atom. The molecule has 1 unspecified atom stereocenters. The van der Waals surface area contributed by atoms with E-state index in [1.807, 2.05) is 35.0 Å². The monoisotopic (exact) mass is 284 g/mol. The van der Waals surface area contributed by atoms with E-state index in [2.05, 4.69) is 25.7 Å². The number of tetrazole rings is 1. The Balaban J connectivity index is 1.77. The van der Waals surface area contributed by atoms with Crippen molar-refractivity contribution in [2.45, 2.75) is 25.6 Å². The molecule has 1 atom stereocenters. The molecule has 2 heterocycles. The normalized spacial score (nSPS) is 17.1. The van der Waals surface area contributed by atoms with Gasteiger partial charge in [-0.25, -0.2) is 4.39 Å². The van der Waals surface area contributed by atoms with E-state index in [4.69, 9.17) is 0 Å². The minimum Gasteiger partial charge on any atom is -0.264 e. The highest BCUT2D eigenvalue weighted by molar-refractivity contribution is 5.57. The summed E-state index contributed by atoms with van der Waals surface area (Å²) in [5.41, 5.74) is 3.60. The number of alkyl halides is 1. The lowest BCUT2D eigenvalue weighted by atomic mass is 10.2. The third-order valence-corrected chi connectivity index (χ3v) is 3.74. The summed E-state index contributed by atoms with van der Waals surface area (Å²) in [6.07, 6.45) is -0.0910. The van der Waals surface area contributed by atoms with Gasteiger partial charge in [0, 0.05) is 24.1 Å². The summed E-state index contributed by atoms with van der Waals surface area (Å²) in [4.78, 5) is 0. The summed E-state index contributed by atoms with van der Waals surface area (Å²) in [5, 5.41) is 18.5. The van der Waals surface area contributed by atoms with E-state index in [1.165, 1.54) is 0 Å². The predicted molar refractivity (Wildman–Crippen MR) is 73.2 cm³/mol. The van der Waals surface area contributed by atoms with Crippen LogP contribution in [-0.2, 0) is 19.4 Å². The molecule has 4 rings (SSSR count). The van der Waals surface area contributed by atoms with E-state index in [9.17, 15) is 4.39 Å². The molecule has 0 bridgehead atoms. The first-order valence-corrected chi connectivity index (χ1v) is 6.81. The van der Waals surface area contributed by atoms with Crippen LogP contribution in [-0.4, -0.2) is 36.6 Å². The van der Waals surface area contributed by atoms with Gasteiger partial charge in [0.05, 0.1) is 6.54 Å². The Hall–Kier alpha value is -2.57.